The van der Waals surface area contributed by atoms with Crippen LogP contribution in [0.2, 0.25) is 0 Å². The summed E-state index contributed by atoms with van der Waals surface area (Å²) in [6.07, 6.45) is 3.99. The summed E-state index contributed by atoms with van der Waals surface area (Å²) in [6, 6.07) is 15.4. The van der Waals surface area contributed by atoms with Crippen molar-refractivity contribution < 1.29 is 0 Å². The molecule has 3 heteroatoms. The number of aromatic nitrogens is 1. The van der Waals surface area contributed by atoms with Gasteiger partial charge in [-0.1, -0.05) is 36.4 Å². The molecule has 4 rings (SSSR count). The fourth-order valence-electron chi connectivity index (χ4n) is 3.45. The summed E-state index contributed by atoms with van der Waals surface area (Å²) >= 11 is 0. The summed E-state index contributed by atoms with van der Waals surface area (Å²) in [7, 11) is 0. The summed E-state index contributed by atoms with van der Waals surface area (Å²) in [6.45, 7) is 5.21. The number of allylic oxidation sites excluding steroid dienone is 1. The van der Waals surface area contributed by atoms with Crippen LogP contribution in [-0.2, 0) is 6.54 Å². The zero-order chi connectivity index (χ0) is 15.1. The number of hydrogen-bond acceptors (Lipinski definition) is 2. The second-order valence-corrected chi connectivity index (χ2v) is 5.72. The fourth-order valence-corrected chi connectivity index (χ4v) is 3.45. The largest absolute Gasteiger partial charge is 0.366 e. The number of aliphatic imine (C=N–C) groups is 1. The molecule has 1 atom stereocenters. The van der Waals surface area contributed by atoms with Crippen LogP contribution in [0, 0.1) is 0 Å². The number of nitrogens with zero attached hydrogens (tertiary/aromatic N) is 2. The van der Waals surface area contributed by atoms with Crippen molar-refractivity contribution in [3.05, 3.63) is 59.8 Å². The average molecular weight is 289 g/mol. The molecular weight excluding hydrogens is 270 g/mol. The molecule has 1 aliphatic rings. The number of aryl methyl sites for hydroxylation is 1. The van der Waals surface area contributed by atoms with Gasteiger partial charge in [-0.2, -0.15) is 0 Å². The van der Waals surface area contributed by atoms with Crippen molar-refractivity contribution in [1.29, 1.82) is 0 Å². The van der Waals surface area contributed by atoms with Crippen LogP contribution in [0.15, 0.2) is 59.2 Å². The van der Waals surface area contributed by atoms with Gasteiger partial charge in [-0.3, -0.25) is 0 Å². The minimum absolute atomic E-state index is 0.177. The second-order valence-electron chi connectivity index (χ2n) is 5.72. The molecule has 3 nitrogen and oxygen atoms in total. The lowest BCUT2D eigenvalue weighted by Gasteiger charge is -2.19. The lowest BCUT2D eigenvalue weighted by Crippen LogP contribution is -2.21. The van der Waals surface area contributed by atoms with Crippen molar-refractivity contribution in [3.8, 4) is 0 Å². The molecule has 0 spiro atoms. The Morgan fingerprint density at radius 1 is 1.09 bits per heavy atom. The van der Waals surface area contributed by atoms with E-state index in [-0.39, 0.29) is 6.04 Å². The molecule has 2 heterocycles. The van der Waals surface area contributed by atoms with Gasteiger partial charge in [0.05, 0.1) is 17.9 Å². The number of para-hydroxylation sites is 2. The Kier molecular flexibility index (Phi) is 3.00. The Balaban J connectivity index is 2.06. The Morgan fingerprint density at radius 3 is 2.73 bits per heavy atom. The fraction of sp³-hybridized carbons (Fsp3) is 0.211. The number of benzene rings is 2. The van der Waals surface area contributed by atoms with Gasteiger partial charge in [0.25, 0.3) is 0 Å². The van der Waals surface area contributed by atoms with Crippen LogP contribution < -0.4 is 5.32 Å². The molecule has 0 amide bonds. The van der Waals surface area contributed by atoms with E-state index in [1.165, 1.54) is 27.4 Å². The highest BCUT2D eigenvalue weighted by Crippen LogP contribution is 2.34. The molecular formula is C19H19N3. The maximum absolute atomic E-state index is 4.29. The minimum atomic E-state index is 0.177. The molecule has 0 fully saturated rings. The Bertz CT molecular complexity index is 915. The van der Waals surface area contributed by atoms with Gasteiger partial charge in [0.2, 0.25) is 0 Å². The van der Waals surface area contributed by atoms with Gasteiger partial charge in [-0.25, -0.2) is 4.99 Å². The van der Waals surface area contributed by atoms with Crippen LogP contribution in [0.3, 0.4) is 0 Å². The van der Waals surface area contributed by atoms with Crippen LogP contribution >= 0.6 is 0 Å². The SMILES string of the molecule is CCn1c2ccccc2c2cccc(C3C=C(C)N=CN3)c21. The molecule has 0 bridgehead atoms. The van der Waals surface area contributed by atoms with E-state index in [4.69, 9.17) is 0 Å². The number of rotatable bonds is 2. The average Bonchev–Trinajstić information content (AvgIpc) is 2.88. The van der Waals surface area contributed by atoms with E-state index in [1.54, 1.807) is 6.34 Å². The first kappa shape index (κ1) is 13.1. The molecule has 0 saturated heterocycles. The smallest absolute Gasteiger partial charge is 0.0889 e. The molecule has 1 aliphatic heterocycles. The van der Waals surface area contributed by atoms with E-state index in [1.807, 2.05) is 6.92 Å². The van der Waals surface area contributed by atoms with E-state index < -0.39 is 0 Å². The molecule has 0 aliphatic carbocycles. The summed E-state index contributed by atoms with van der Waals surface area (Å²) in [5, 5.41) is 6.02. The van der Waals surface area contributed by atoms with Gasteiger partial charge < -0.3 is 9.88 Å². The van der Waals surface area contributed by atoms with Crippen molar-refractivity contribution in [1.82, 2.24) is 9.88 Å². The highest BCUT2D eigenvalue weighted by molar-refractivity contribution is 6.09. The normalized spacial score (nSPS) is 17.7. The lowest BCUT2D eigenvalue weighted by molar-refractivity contribution is 0.765. The standard InChI is InChI=1S/C19H19N3/c1-3-22-18-10-5-4-7-14(18)15-8-6-9-16(19(15)22)17-11-13(2)20-12-21-17/h4-12,17H,3H2,1-2H3,(H,20,21). The number of hydrogen-bond donors (Lipinski definition) is 1. The zero-order valence-electron chi connectivity index (χ0n) is 12.9. The van der Waals surface area contributed by atoms with Crippen LogP contribution in [0.1, 0.15) is 25.5 Å². The third-order valence-electron chi connectivity index (χ3n) is 4.40. The Labute approximate surface area is 130 Å². The van der Waals surface area contributed by atoms with E-state index in [0.717, 1.165) is 12.2 Å². The summed E-state index contributed by atoms with van der Waals surface area (Å²) in [4.78, 5) is 4.29. The van der Waals surface area contributed by atoms with Gasteiger partial charge in [-0.15, -0.1) is 0 Å². The Morgan fingerprint density at radius 2 is 1.91 bits per heavy atom. The quantitative estimate of drug-likeness (QED) is 0.745. The molecule has 1 N–H and O–H groups in total. The van der Waals surface area contributed by atoms with Crippen LogP contribution in [0.4, 0.5) is 0 Å². The first-order chi connectivity index (χ1) is 10.8. The third-order valence-corrected chi connectivity index (χ3v) is 4.40. The van der Waals surface area contributed by atoms with Gasteiger partial charge in [0.15, 0.2) is 0 Å². The first-order valence-corrected chi connectivity index (χ1v) is 7.76. The topological polar surface area (TPSA) is 29.3 Å². The van der Waals surface area contributed by atoms with Crippen LogP contribution in [0.25, 0.3) is 21.8 Å². The van der Waals surface area contributed by atoms with Gasteiger partial charge in [0, 0.05) is 34.1 Å². The van der Waals surface area contributed by atoms with Crippen molar-refractivity contribution in [2.24, 2.45) is 4.99 Å². The van der Waals surface area contributed by atoms with Crippen molar-refractivity contribution in [2.75, 3.05) is 0 Å². The minimum Gasteiger partial charge on any atom is -0.366 e. The monoisotopic (exact) mass is 289 g/mol. The van der Waals surface area contributed by atoms with Gasteiger partial charge >= 0.3 is 0 Å². The summed E-state index contributed by atoms with van der Waals surface area (Å²) in [5.74, 6) is 0. The van der Waals surface area contributed by atoms with Crippen LogP contribution in [0.5, 0.6) is 0 Å². The third kappa shape index (κ3) is 1.86. The molecule has 1 aromatic heterocycles. The molecule has 0 saturated carbocycles. The maximum Gasteiger partial charge on any atom is 0.0889 e. The van der Waals surface area contributed by atoms with E-state index in [2.05, 4.69) is 70.3 Å². The maximum atomic E-state index is 4.29. The van der Waals surface area contributed by atoms with E-state index in [9.17, 15) is 0 Å². The number of nitrogens with one attached hydrogen (secondary N) is 1. The second kappa shape index (κ2) is 5.02. The number of fused-ring (bicyclic) bond motifs is 3. The van der Waals surface area contributed by atoms with Crippen LogP contribution in [-0.4, -0.2) is 10.9 Å². The van der Waals surface area contributed by atoms with Crippen molar-refractivity contribution >= 4 is 28.1 Å². The molecule has 2 aromatic carbocycles. The zero-order valence-corrected chi connectivity index (χ0v) is 12.9. The summed E-state index contributed by atoms with van der Waals surface area (Å²) in [5.41, 5.74) is 4.99. The molecule has 3 aromatic rings. The molecule has 22 heavy (non-hydrogen) atoms. The van der Waals surface area contributed by atoms with Crippen molar-refractivity contribution in [2.45, 2.75) is 26.4 Å². The molecule has 110 valence electrons. The van der Waals surface area contributed by atoms with E-state index >= 15 is 0 Å². The molecule has 1 unspecified atom stereocenters. The highest BCUT2D eigenvalue weighted by Gasteiger charge is 2.18. The summed E-state index contributed by atoms with van der Waals surface area (Å²) < 4.78 is 2.41. The lowest BCUT2D eigenvalue weighted by atomic mass is 10.0. The predicted molar refractivity (Wildman–Crippen MR) is 93.2 cm³/mol. The first-order valence-electron chi connectivity index (χ1n) is 7.76. The van der Waals surface area contributed by atoms with Gasteiger partial charge in [0.1, 0.15) is 0 Å². The molecule has 0 radical (unpaired) electrons. The predicted octanol–water partition coefficient (Wildman–Crippen LogP) is 4.39. The highest BCUT2D eigenvalue weighted by atomic mass is 15.0. The van der Waals surface area contributed by atoms with E-state index in [0.29, 0.717) is 0 Å². The van der Waals surface area contributed by atoms with Gasteiger partial charge in [-0.05, 0) is 26.0 Å². The Hall–Kier alpha value is -2.55. The van der Waals surface area contributed by atoms with Crippen molar-refractivity contribution in [3.63, 3.8) is 0 Å².